The minimum atomic E-state index is -3.78. The van der Waals surface area contributed by atoms with Gasteiger partial charge in [-0.05, 0) is 0 Å². The van der Waals surface area contributed by atoms with Crippen molar-refractivity contribution in [2.75, 3.05) is 0 Å². The van der Waals surface area contributed by atoms with Crippen LogP contribution in [0.25, 0.3) is 0 Å². The predicted molar refractivity (Wildman–Crippen MR) is 36.5 cm³/mol. The quantitative estimate of drug-likeness (QED) is 0.325. The Bertz CT molecular complexity index is 210. The number of urea groups is 1. The number of carbonyl (C=O) groups excluding carboxylic acids is 1. The van der Waals surface area contributed by atoms with Gasteiger partial charge in [-0.2, -0.15) is 0 Å². The van der Waals surface area contributed by atoms with Crippen LogP contribution >= 0.6 is 11.7 Å². The molecule has 0 aromatic heterocycles. The Morgan fingerprint density at radius 2 is 2.00 bits per heavy atom. The third-order valence-electron chi connectivity index (χ3n) is 0.407. The zero-order chi connectivity index (χ0) is 7.65. The van der Waals surface area contributed by atoms with Crippen LogP contribution in [0.2, 0.25) is 0 Å². The van der Waals surface area contributed by atoms with Crippen molar-refractivity contribution >= 4 is 43.0 Å². The average molecular weight is 235 g/mol. The number of thiol groups is 1. The third-order valence-corrected chi connectivity index (χ3v) is 4.12. The molecule has 0 bridgehead atoms. The second-order valence-electron chi connectivity index (χ2n) is 1.06. The molecule has 2 N–H and O–H groups in total. The van der Waals surface area contributed by atoms with E-state index in [1.54, 1.807) is 0 Å². The van der Waals surface area contributed by atoms with Crippen LogP contribution in [0, 0.1) is 0 Å². The van der Waals surface area contributed by atoms with Crippen LogP contribution in [0.15, 0.2) is 0 Å². The number of rotatable bonds is 1. The van der Waals surface area contributed by atoms with Crippen molar-refractivity contribution in [2.45, 2.75) is 0 Å². The van der Waals surface area contributed by atoms with E-state index in [0.717, 1.165) is 0 Å². The maximum absolute atomic E-state index is 10.2. The fourth-order valence-electron chi connectivity index (χ4n) is 0.114. The molecule has 0 heterocycles. The van der Waals surface area contributed by atoms with Gasteiger partial charge in [0.2, 0.25) is 0 Å². The van der Waals surface area contributed by atoms with Gasteiger partial charge in [0.15, 0.2) is 0 Å². The summed E-state index contributed by atoms with van der Waals surface area (Å²) in [5.74, 6) is 0. The Balaban J connectivity index is 4.43. The van der Waals surface area contributed by atoms with Gasteiger partial charge in [-0.15, -0.1) is 0 Å². The van der Waals surface area contributed by atoms with E-state index in [1.807, 2.05) is 0 Å². The van der Waals surface area contributed by atoms with Crippen molar-refractivity contribution in [3.63, 3.8) is 0 Å². The third kappa shape index (κ3) is 2.95. The molecular formula is CH4N2O3S2Se. The van der Waals surface area contributed by atoms with Crippen molar-refractivity contribution in [3.8, 4) is 0 Å². The summed E-state index contributed by atoms with van der Waals surface area (Å²) < 4.78 is 20.8. The van der Waals surface area contributed by atoms with Gasteiger partial charge in [-0.1, -0.05) is 0 Å². The number of amides is 2. The van der Waals surface area contributed by atoms with E-state index in [4.69, 9.17) is 0 Å². The predicted octanol–water partition coefficient (Wildman–Crippen LogP) is -1.64. The Morgan fingerprint density at radius 3 is 2.00 bits per heavy atom. The Labute approximate surface area is 65.5 Å². The van der Waals surface area contributed by atoms with Crippen molar-refractivity contribution in [1.29, 1.82) is 0 Å². The zero-order valence-electron chi connectivity index (χ0n) is 4.05. The maximum atomic E-state index is 10.2. The molecule has 0 aliphatic rings. The van der Waals surface area contributed by atoms with Crippen LogP contribution < -0.4 is 5.73 Å². The molecule has 0 unspecified atom stereocenters. The van der Waals surface area contributed by atoms with E-state index in [0.29, 0.717) is 0 Å². The molecule has 0 saturated carbocycles. The molecule has 0 aromatic rings. The summed E-state index contributed by atoms with van der Waals surface area (Å²) in [6, 6.07) is -1.08. The van der Waals surface area contributed by atoms with Crippen LogP contribution in [-0.2, 0) is 9.06 Å². The summed E-state index contributed by atoms with van der Waals surface area (Å²) in [6.45, 7) is 0. The number of nitrogens with two attached hydrogens (primary N) is 1. The van der Waals surface area contributed by atoms with Crippen LogP contribution in [0.4, 0.5) is 4.79 Å². The summed E-state index contributed by atoms with van der Waals surface area (Å²) in [7, 11) is -3.78. The fraction of sp³-hybridized carbons (Fsp3) is 0. The van der Waals surface area contributed by atoms with Crippen LogP contribution in [-0.4, -0.2) is 34.0 Å². The first kappa shape index (κ1) is 9.09. The molecule has 54 valence electrons. The molecule has 0 saturated heterocycles. The normalized spacial score (nSPS) is 10.9. The molecule has 0 atom stereocenters. The van der Waals surface area contributed by atoms with Gasteiger partial charge >= 0.3 is 65.2 Å². The first-order valence-electron chi connectivity index (χ1n) is 1.61. The van der Waals surface area contributed by atoms with Crippen molar-refractivity contribution in [2.24, 2.45) is 5.73 Å². The summed E-state index contributed by atoms with van der Waals surface area (Å²) in [5.41, 5.74) is 4.57. The average Bonchev–Trinajstić information content (AvgIpc) is 1.62. The Hall–Kier alpha value is 0.0895. The van der Waals surface area contributed by atoms with Gasteiger partial charge in [0, 0.05) is 0 Å². The fourth-order valence-corrected chi connectivity index (χ4v) is 0.583. The van der Waals surface area contributed by atoms with E-state index in [-0.39, 0.29) is 3.32 Å². The minimum absolute atomic E-state index is 0.267. The summed E-state index contributed by atoms with van der Waals surface area (Å²) in [6.07, 6.45) is 0. The van der Waals surface area contributed by atoms with Crippen LogP contribution in [0.5, 0.6) is 0 Å². The van der Waals surface area contributed by atoms with Gasteiger partial charge in [-0.3, -0.25) is 0 Å². The molecule has 0 aliphatic heterocycles. The van der Waals surface area contributed by atoms with E-state index < -0.39 is 15.1 Å². The molecule has 2 amide bonds. The monoisotopic (exact) mass is 236 g/mol. The van der Waals surface area contributed by atoms with Gasteiger partial charge < -0.3 is 0 Å². The van der Waals surface area contributed by atoms with E-state index >= 15 is 0 Å². The first-order valence-corrected chi connectivity index (χ1v) is 4.95. The molecular weight excluding hydrogens is 231 g/mol. The second kappa shape index (κ2) is 2.78. The SMILES string of the molecule is NC(=O)N([SeH])S(=O)(=O)S. The van der Waals surface area contributed by atoms with Crippen LogP contribution in [0.1, 0.15) is 0 Å². The Kier molecular flexibility index (Phi) is 2.81. The molecule has 0 aromatic carbocycles. The van der Waals surface area contributed by atoms with Crippen molar-refractivity contribution < 1.29 is 13.2 Å². The van der Waals surface area contributed by atoms with E-state index in [2.05, 4.69) is 17.4 Å². The number of hydrogen-bond donors (Lipinski definition) is 2. The van der Waals surface area contributed by atoms with Crippen molar-refractivity contribution in [1.82, 2.24) is 3.32 Å². The van der Waals surface area contributed by atoms with Gasteiger partial charge in [0.25, 0.3) is 0 Å². The molecule has 0 rings (SSSR count). The second-order valence-corrected chi connectivity index (χ2v) is 5.13. The molecule has 0 spiro atoms. The first-order chi connectivity index (χ1) is 3.85. The summed E-state index contributed by atoms with van der Waals surface area (Å²) >= 11 is 4.54. The number of carbonyl (C=O) groups is 1. The number of nitrogens with zero attached hydrogens (tertiary/aromatic N) is 1. The zero-order valence-corrected chi connectivity index (χ0v) is 7.64. The van der Waals surface area contributed by atoms with E-state index in [9.17, 15) is 13.2 Å². The Morgan fingerprint density at radius 1 is 1.67 bits per heavy atom. The number of primary amides is 1. The van der Waals surface area contributed by atoms with Gasteiger partial charge in [0.1, 0.15) is 0 Å². The summed E-state index contributed by atoms with van der Waals surface area (Å²) in [5, 5.41) is 0. The van der Waals surface area contributed by atoms with Gasteiger partial charge in [-0.25, -0.2) is 0 Å². The van der Waals surface area contributed by atoms with Gasteiger partial charge in [0.05, 0.1) is 0 Å². The van der Waals surface area contributed by atoms with Crippen molar-refractivity contribution in [3.05, 3.63) is 0 Å². The molecule has 0 aliphatic carbocycles. The van der Waals surface area contributed by atoms with E-state index in [1.165, 1.54) is 16.2 Å². The van der Waals surface area contributed by atoms with Crippen LogP contribution in [0.3, 0.4) is 0 Å². The summed E-state index contributed by atoms with van der Waals surface area (Å²) in [4.78, 5) is 10.1. The standard InChI is InChI=1S/CH4N2O3S2Se/c2-1(4)3(9)8(5,6)7/h9H,(H2,2,4)(H,5,6,7). The molecule has 5 nitrogen and oxygen atoms in total. The molecule has 0 radical (unpaired) electrons. The number of hydrogen-bond acceptors (Lipinski definition) is 3. The molecule has 9 heavy (non-hydrogen) atoms. The molecule has 0 fully saturated rings. The molecule has 8 heteroatoms. The topological polar surface area (TPSA) is 80.5 Å².